The van der Waals surface area contributed by atoms with Crippen molar-refractivity contribution >= 4 is 18.0 Å². The van der Waals surface area contributed by atoms with E-state index >= 15 is 0 Å². The van der Waals surface area contributed by atoms with Crippen molar-refractivity contribution in [2.75, 3.05) is 20.6 Å². The van der Waals surface area contributed by atoms with Crippen molar-refractivity contribution in [3.8, 4) is 0 Å². The highest BCUT2D eigenvalue weighted by atomic mass is 16.7. The Labute approximate surface area is 250 Å². The molecular formula is C31H52N2O9. The van der Waals surface area contributed by atoms with E-state index < -0.39 is 72.7 Å². The molecule has 12 unspecified atom stereocenters. The number of ether oxygens (including phenoxy) is 3. The van der Waals surface area contributed by atoms with Gasteiger partial charge >= 0.3 is 5.97 Å². The van der Waals surface area contributed by atoms with Crippen LogP contribution in [0.5, 0.6) is 0 Å². The van der Waals surface area contributed by atoms with Gasteiger partial charge in [0.05, 0.1) is 36.9 Å². The summed E-state index contributed by atoms with van der Waals surface area (Å²) in [6.45, 7) is 9.08. The SMILES string of the molecule is CCC1OC(=O)CC(O)C(C)C(OC2OC(C)C(O)C(N(C)C)C2O)C(CC=O)CC(C)C(=O)C=CC(C)=CC1CN. The van der Waals surface area contributed by atoms with Gasteiger partial charge in [0, 0.05) is 30.7 Å². The van der Waals surface area contributed by atoms with Crippen LogP contribution in [-0.4, -0.2) is 108 Å². The van der Waals surface area contributed by atoms with Crippen LogP contribution >= 0.6 is 0 Å². The first kappa shape index (κ1) is 36.2. The van der Waals surface area contributed by atoms with Crippen molar-refractivity contribution in [1.82, 2.24) is 4.90 Å². The zero-order valence-electron chi connectivity index (χ0n) is 26.1. The van der Waals surface area contributed by atoms with E-state index in [1.807, 2.05) is 19.9 Å². The molecule has 2 aliphatic heterocycles. The molecule has 240 valence electrons. The highest BCUT2D eigenvalue weighted by molar-refractivity contribution is 5.91. The Morgan fingerprint density at radius 3 is 2.36 bits per heavy atom. The maximum absolute atomic E-state index is 13.1. The van der Waals surface area contributed by atoms with E-state index in [4.69, 9.17) is 19.9 Å². The fourth-order valence-electron chi connectivity index (χ4n) is 5.98. The number of hydrogen-bond donors (Lipinski definition) is 4. The number of carbonyl (C=O) groups excluding carboxylic acids is 3. The molecular weight excluding hydrogens is 544 g/mol. The summed E-state index contributed by atoms with van der Waals surface area (Å²) in [7, 11) is 3.45. The van der Waals surface area contributed by atoms with Crippen LogP contribution in [0.1, 0.15) is 60.3 Å². The number of allylic oxidation sites excluding steroid dienone is 3. The third kappa shape index (κ3) is 9.51. The molecule has 0 bridgehead atoms. The minimum atomic E-state index is -1.26. The summed E-state index contributed by atoms with van der Waals surface area (Å²) in [4.78, 5) is 39.6. The number of ketones is 1. The lowest BCUT2D eigenvalue weighted by molar-refractivity contribution is -0.304. The first-order valence-electron chi connectivity index (χ1n) is 15.0. The predicted octanol–water partition coefficient (Wildman–Crippen LogP) is 1.37. The number of carbonyl (C=O) groups is 3. The molecule has 2 heterocycles. The lowest BCUT2D eigenvalue weighted by Crippen LogP contribution is -2.63. The quantitative estimate of drug-likeness (QED) is 0.247. The lowest BCUT2D eigenvalue weighted by Gasteiger charge is -2.46. The van der Waals surface area contributed by atoms with Gasteiger partial charge in [0.15, 0.2) is 12.1 Å². The van der Waals surface area contributed by atoms with Crippen LogP contribution in [0.4, 0.5) is 0 Å². The molecule has 2 aliphatic rings. The van der Waals surface area contributed by atoms with E-state index in [-0.39, 0.29) is 37.5 Å². The summed E-state index contributed by atoms with van der Waals surface area (Å²) < 4.78 is 18.0. The van der Waals surface area contributed by atoms with Gasteiger partial charge in [-0.1, -0.05) is 38.5 Å². The molecule has 0 aliphatic carbocycles. The molecule has 1 saturated heterocycles. The molecule has 5 N–H and O–H groups in total. The number of aliphatic hydroxyl groups is 3. The number of aldehydes is 1. The number of hydrogen-bond acceptors (Lipinski definition) is 11. The van der Waals surface area contributed by atoms with Crippen LogP contribution in [0.25, 0.3) is 0 Å². The second kappa shape index (κ2) is 16.7. The summed E-state index contributed by atoms with van der Waals surface area (Å²) in [6, 6.07) is -0.701. The van der Waals surface area contributed by atoms with E-state index in [2.05, 4.69) is 0 Å². The van der Waals surface area contributed by atoms with E-state index in [1.165, 1.54) is 6.08 Å². The average molecular weight is 597 g/mol. The second-order valence-electron chi connectivity index (χ2n) is 12.2. The Hall–Kier alpha value is -1.99. The molecule has 1 fully saturated rings. The van der Waals surface area contributed by atoms with Gasteiger partial charge in [-0.05, 0) is 52.8 Å². The lowest BCUT2D eigenvalue weighted by atomic mass is 9.79. The van der Waals surface area contributed by atoms with Crippen LogP contribution in [0.2, 0.25) is 0 Å². The van der Waals surface area contributed by atoms with E-state index in [1.54, 1.807) is 45.8 Å². The van der Waals surface area contributed by atoms with Crippen molar-refractivity contribution in [2.24, 2.45) is 29.4 Å². The molecule has 0 aromatic carbocycles. The van der Waals surface area contributed by atoms with Crippen molar-refractivity contribution in [3.05, 3.63) is 23.8 Å². The van der Waals surface area contributed by atoms with Crippen LogP contribution in [0.15, 0.2) is 23.8 Å². The maximum Gasteiger partial charge on any atom is 0.308 e. The summed E-state index contributed by atoms with van der Waals surface area (Å²) in [5, 5.41) is 33.0. The minimum Gasteiger partial charge on any atom is -0.462 e. The second-order valence-corrected chi connectivity index (χ2v) is 12.2. The molecule has 0 saturated carbocycles. The van der Waals surface area contributed by atoms with Crippen LogP contribution in [0.3, 0.4) is 0 Å². The van der Waals surface area contributed by atoms with Crippen LogP contribution < -0.4 is 5.73 Å². The Morgan fingerprint density at radius 1 is 1.12 bits per heavy atom. The zero-order chi connectivity index (χ0) is 31.7. The number of rotatable bonds is 7. The molecule has 2 rings (SSSR count). The fourth-order valence-corrected chi connectivity index (χ4v) is 5.98. The largest absolute Gasteiger partial charge is 0.462 e. The molecule has 42 heavy (non-hydrogen) atoms. The number of esters is 1. The minimum absolute atomic E-state index is 0.0145. The molecule has 11 heteroatoms. The number of aliphatic hydroxyl groups excluding tert-OH is 3. The van der Waals surface area contributed by atoms with E-state index in [9.17, 15) is 29.7 Å². The number of likely N-dealkylation sites (N-methyl/N-ethyl adjacent to an activating group) is 1. The summed E-state index contributed by atoms with van der Waals surface area (Å²) in [6.07, 6.45) is -0.507. The predicted molar refractivity (Wildman–Crippen MR) is 157 cm³/mol. The molecule has 0 amide bonds. The van der Waals surface area contributed by atoms with Gasteiger partial charge in [0.2, 0.25) is 0 Å². The topological polar surface area (TPSA) is 169 Å². The van der Waals surface area contributed by atoms with Crippen molar-refractivity contribution in [1.29, 1.82) is 0 Å². The molecule has 0 aromatic heterocycles. The Kier molecular flexibility index (Phi) is 14.4. The first-order valence-corrected chi connectivity index (χ1v) is 15.0. The zero-order valence-corrected chi connectivity index (χ0v) is 26.1. The van der Waals surface area contributed by atoms with Gasteiger partial charge in [0.1, 0.15) is 18.5 Å². The van der Waals surface area contributed by atoms with Crippen LogP contribution in [0, 0.1) is 23.7 Å². The summed E-state index contributed by atoms with van der Waals surface area (Å²) >= 11 is 0. The van der Waals surface area contributed by atoms with Crippen molar-refractivity contribution < 1.29 is 43.9 Å². The molecule has 11 nitrogen and oxygen atoms in total. The van der Waals surface area contributed by atoms with Gasteiger partial charge in [-0.25, -0.2) is 0 Å². The number of nitrogens with two attached hydrogens (primary N) is 1. The van der Waals surface area contributed by atoms with E-state index in [0.717, 1.165) is 11.9 Å². The third-order valence-corrected chi connectivity index (χ3v) is 8.62. The Morgan fingerprint density at radius 2 is 1.79 bits per heavy atom. The van der Waals surface area contributed by atoms with Gasteiger partial charge in [-0.3, -0.25) is 9.59 Å². The monoisotopic (exact) mass is 596 g/mol. The molecule has 0 spiro atoms. The highest BCUT2D eigenvalue weighted by Gasteiger charge is 2.47. The molecule has 0 aromatic rings. The molecule has 12 atom stereocenters. The maximum atomic E-state index is 13.1. The molecule has 0 radical (unpaired) electrons. The van der Waals surface area contributed by atoms with Crippen molar-refractivity contribution in [3.63, 3.8) is 0 Å². The Balaban J connectivity index is 2.52. The van der Waals surface area contributed by atoms with Gasteiger partial charge in [-0.2, -0.15) is 0 Å². The van der Waals surface area contributed by atoms with Gasteiger partial charge in [-0.15, -0.1) is 0 Å². The third-order valence-electron chi connectivity index (χ3n) is 8.62. The first-order chi connectivity index (χ1) is 19.7. The highest BCUT2D eigenvalue weighted by Crippen LogP contribution is 2.34. The van der Waals surface area contributed by atoms with Crippen LogP contribution in [-0.2, 0) is 28.6 Å². The van der Waals surface area contributed by atoms with Crippen molar-refractivity contribution in [2.45, 2.75) is 109 Å². The standard InChI is InChI=1S/C31H52N2O9/c1-8-25-22(16-32)13-17(2)9-10-23(35)18(3)14-21(11-12-34)30(19(4)24(36)15-26(37)41-25)42-31-29(39)27(33(6)7)28(38)20(5)40-31/h9-10,12-13,18-22,24-25,27-31,36,38-39H,8,11,14-16,32H2,1-7H3. The fraction of sp³-hybridized carbons (Fsp3) is 0.774. The summed E-state index contributed by atoms with van der Waals surface area (Å²) in [5.41, 5.74) is 6.79. The normalized spacial score (nSPS) is 39.6. The average Bonchev–Trinajstić information content (AvgIpc) is 2.93. The van der Waals surface area contributed by atoms with Gasteiger partial charge < -0.3 is 45.0 Å². The van der Waals surface area contributed by atoms with Gasteiger partial charge in [0.25, 0.3) is 0 Å². The van der Waals surface area contributed by atoms with E-state index in [0.29, 0.717) is 6.42 Å². The Bertz CT molecular complexity index is 955. The number of nitrogens with zero attached hydrogens (tertiary/aromatic N) is 1. The number of cyclic esters (lactones) is 1. The smallest absolute Gasteiger partial charge is 0.308 e. The summed E-state index contributed by atoms with van der Waals surface area (Å²) in [5.74, 6) is -2.79.